The van der Waals surface area contributed by atoms with Crippen LogP contribution in [-0.4, -0.2) is 102 Å². The van der Waals surface area contributed by atoms with E-state index in [-0.39, 0.29) is 23.7 Å². The molecule has 3 N–H and O–H groups in total. The van der Waals surface area contributed by atoms with Crippen LogP contribution in [0.5, 0.6) is 0 Å². The summed E-state index contributed by atoms with van der Waals surface area (Å²) >= 11 is 0. The molecule has 2 aromatic rings. The van der Waals surface area contributed by atoms with Crippen molar-refractivity contribution in [2.24, 2.45) is 5.92 Å². The van der Waals surface area contributed by atoms with Gasteiger partial charge in [0.05, 0.1) is 35.7 Å². The van der Waals surface area contributed by atoms with E-state index < -0.39 is 0 Å². The van der Waals surface area contributed by atoms with Crippen molar-refractivity contribution in [2.75, 3.05) is 58.8 Å². The fourth-order valence-electron chi connectivity index (χ4n) is 6.75. The number of carbonyl (C=O) groups is 3. The van der Waals surface area contributed by atoms with Crippen molar-refractivity contribution in [1.82, 2.24) is 30.4 Å². The van der Waals surface area contributed by atoms with Gasteiger partial charge in [0.2, 0.25) is 5.91 Å². The molecule has 2 aliphatic heterocycles. The van der Waals surface area contributed by atoms with E-state index in [4.69, 9.17) is 4.74 Å². The number of amides is 3. The quantitative estimate of drug-likeness (QED) is 0.447. The fourth-order valence-corrected chi connectivity index (χ4v) is 6.75. The number of hydrogen-bond donors (Lipinski definition) is 3. The average Bonchev–Trinajstić information content (AvgIpc) is 3.53. The number of ether oxygens (including phenoxy) is 1. The molecule has 1 saturated carbocycles. The van der Waals surface area contributed by atoms with Gasteiger partial charge in [-0.3, -0.25) is 20.1 Å². The molecule has 0 bridgehead atoms. The number of likely N-dealkylation sites (tertiary alicyclic amines) is 1. The molecular formula is C29H39N7O4. The molecule has 0 spiro atoms. The van der Waals surface area contributed by atoms with E-state index >= 15 is 0 Å². The number of urea groups is 1. The normalized spacial score (nSPS) is 23.7. The highest BCUT2D eigenvalue weighted by Gasteiger charge is 2.39. The predicted molar refractivity (Wildman–Crippen MR) is 150 cm³/mol. The lowest BCUT2D eigenvalue weighted by atomic mass is 9.83. The maximum absolute atomic E-state index is 13.7. The summed E-state index contributed by atoms with van der Waals surface area (Å²) in [6.07, 6.45) is 5.67. The summed E-state index contributed by atoms with van der Waals surface area (Å²) < 4.78 is 5.33. The molecule has 2 aliphatic carbocycles. The Hall–Kier alpha value is -3.28. The first-order valence-corrected chi connectivity index (χ1v) is 14.5. The Balaban J connectivity index is 1.10. The molecule has 0 atom stereocenters. The number of nitrogens with zero attached hydrogens (tertiary/aromatic N) is 4. The van der Waals surface area contributed by atoms with E-state index in [0.717, 1.165) is 49.8 Å². The number of carbonyl (C=O) groups excluding carboxylic acids is 3. The van der Waals surface area contributed by atoms with Gasteiger partial charge in [-0.25, -0.2) is 9.80 Å². The summed E-state index contributed by atoms with van der Waals surface area (Å²) in [5, 5.41) is 12.4. The number of aromatic amines is 1. The van der Waals surface area contributed by atoms with E-state index in [1.54, 1.807) is 11.1 Å². The Bertz CT molecular complexity index is 1270. The van der Waals surface area contributed by atoms with Crippen molar-refractivity contribution in [2.45, 2.75) is 50.5 Å². The SMILES string of the molecule is CN(C)C1CCC(C(=O)N2CCC(c3[nH]nc4c3C(=O)c3c(NC(=O)NN5CCOCC5)cccc3-4)CC2)CC1. The van der Waals surface area contributed by atoms with Crippen LogP contribution in [0.1, 0.15) is 66.1 Å². The Kier molecular flexibility index (Phi) is 7.61. The summed E-state index contributed by atoms with van der Waals surface area (Å²) in [5.74, 6) is 0.433. The molecule has 214 valence electrons. The minimum absolute atomic E-state index is 0.118. The molecule has 3 fully saturated rings. The maximum atomic E-state index is 13.7. The molecule has 11 heteroatoms. The van der Waals surface area contributed by atoms with Crippen molar-refractivity contribution in [3.8, 4) is 11.3 Å². The molecule has 4 aliphatic rings. The number of ketones is 1. The van der Waals surface area contributed by atoms with Crippen LogP contribution in [0.25, 0.3) is 11.3 Å². The number of hydrazine groups is 1. The van der Waals surface area contributed by atoms with Crippen LogP contribution in [0.15, 0.2) is 18.2 Å². The van der Waals surface area contributed by atoms with E-state index in [1.807, 2.05) is 17.0 Å². The Morgan fingerprint density at radius 3 is 2.42 bits per heavy atom. The van der Waals surface area contributed by atoms with E-state index in [2.05, 4.69) is 39.9 Å². The van der Waals surface area contributed by atoms with Crippen molar-refractivity contribution >= 4 is 23.4 Å². The zero-order valence-electron chi connectivity index (χ0n) is 23.4. The second-order valence-corrected chi connectivity index (χ2v) is 11.7. The van der Waals surface area contributed by atoms with Gasteiger partial charge in [-0.1, -0.05) is 12.1 Å². The van der Waals surface area contributed by atoms with Gasteiger partial charge in [-0.2, -0.15) is 5.10 Å². The average molecular weight is 550 g/mol. The molecule has 0 unspecified atom stereocenters. The first-order valence-electron chi connectivity index (χ1n) is 14.5. The highest BCUT2D eigenvalue weighted by Crippen LogP contribution is 2.43. The standard InChI is InChI=1S/C29H39N7O4/c1-34(2)20-8-6-19(7-9-20)28(38)35-12-10-18(11-13-35)25-24-26(32-31-25)21-4-3-5-22(23(21)27(24)37)30-29(39)33-36-14-16-40-17-15-36/h3-5,18-20H,6-17H2,1-2H3,(H,31,32)(H2,30,33,39). The first kappa shape index (κ1) is 26.9. The van der Waals surface area contributed by atoms with Gasteiger partial charge in [-0.15, -0.1) is 0 Å². The number of rotatable bonds is 5. The first-order chi connectivity index (χ1) is 19.4. The van der Waals surface area contributed by atoms with E-state index in [9.17, 15) is 14.4 Å². The Morgan fingerprint density at radius 1 is 1.00 bits per heavy atom. The summed E-state index contributed by atoms with van der Waals surface area (Å²) in [4.78, 5) is 44.0. The summed E-state index contributed by atoms with van der Waals surface area (Å²) in [6.45, 7) is 3.74. The summed E-state index contributed by atoms with van der Waals surface area (Å²) in [5.41, 5.74) is 6.60. The Morgan fingerprint density at radius 2 is 1.73 bits per heavy atom. The topological polar surface area (TPSA) is 123 Å². The zero-order valence-corrected chi connectivity index (χ0v) is 23.4. The van der Waals surface area contributed by atoms with Gasteiger partial charge in [-0.05, 0) is 58.7 Å². The number of aromatic nitrogens is 2. The molecule has 6 rings (SSSR count). The third kappa shape index (κ3) is 5.13. The molecule has 11 nitrogen and oxygen atoms in total. The second kappa shape index (κ2) is 11.3. The van der Waals surface area contributed by atoms with Crippen LogP contribution in [0, 0.1) is 5.92 Å². The second-order valence-electron chi connectivity index (χ2n) is 11.7. The van der Waals surface area contributed by atoms with Crippen molar-refractivity contribution in [3.05, 3.63) is 35.0 Å². The maximum Gasteiger partial charge on any atom is 0.333 e. The number of fused-ring (bicyclic) bond motifs is 3. The monoisotopic (exact) mass is 549 g/mol. The van der Waals surface area contributed by atoms with Crippen molar-refractivity contribution < 1.29 is 19.1 Å². The molecule has 1 aromatic heterocycles. The lowest BCUT2D eigenvalue weighted by Gasteiger charge is -2.37. The number of hydrogen-bond acceptors (Lipinski definition) is 7. The van der Waals surface area contributed by atoms with Crippen LogP contribution in [0.4, 0.5) is 10.5 Å². The van der Waals surface area contributed by atoms with E-state index in [1.165, 1.54) is 0 Å². The number of H-pyrrole nitrogens is 1. The molecule has 0 radical (unpaired) electrons. The van der Waals surface area contributed by atoms with Crippen molar-refractivity contribution in [1.29, 1.82) is 0 Å². The third-order valence-electron chi connectivity index (χ3n) is 9.08. The van der Waals surface area contributed by atoms with Crippen molar-refractivity contribution in [3.63, 3.8) is 0 Å². The number of nitrogens with one attached hydrogen (secondary N) is 3. The highest BCUT2D eigenvalue weighted by atomic mass is 16.5. The van der Waals surface area contributed by atoms with Gasteiger partial charge in [0.1, 0.15) is 5.69 Å². The highest BCUT2D eigenvalue weighted by molar-refractivity contribution is 6.25. The molecule has 1 aromatic carbocycles. The molecule has 2 saturated heterocycles. The Labute approximate surface area is 234 Å². The number of piperidine rings is 1. The van der Waals surface area contributed by atoms with Crippen LogP contribution in [-0.2, 0) is 9.53 Å². The minimum atomic E-state index is -0.387. The van der Waals surface area contributed by atoms with Gasteiger partial charge in [0.15, 0.2) is 5.78 Å². The minimum Gasteiger partial charge on any atom is -0.379 e. The van der Waals surface area contributed by atoms with E-state index in [0.29, 0.717) is 73.9 Å². The number of anilines is 1. The molecule has 40 heavy (non-hydrogen) atoms. The third-order valence-corrected chi connectivity index (χ3v) is 9.08. The number of benzene rings is 1. The number of morpholine rings is 1. The fraction of sp³-hybridized carbons (Fsp3) is 0.586. The van der Waals surface area contributed by atoms with Gasteiger partial charge < -0.3 is 19.9 Å². The largest absolute Gasteiger partial charge is 0.379 e. The van der Waals surface area contributed by atoms with Crippen LogP contribution >= 0.6 is 0 Å². The molecule has 3 amide bonds. The van der Waals surface area contributed by atoms with Gasteiger partial charge in [0.25, 0.3) is 0 Å². The van der Waals surface area contributed by atoms with Gasteiger partial charge in [0, 0.05) is 49.6 Å². The molecular weight excluding hydrogens is 510 g/mol. The van der Waals surface area contributed by atoms with Crippen LogP contribution in [0.2, 0.25) is 0 Å². The van der Waals surface area contributed by atoms with Gasteiger partial charge >= 0.3 is 6.03 Å². The molecule has 3 heterocycles. The van der Waals surface area contributed by atoms with Crippen LogP contribution in [0.3, 0.4) is 0 Å². The lowest BCUT2D eigenvalue weighted by Crippen LogP contribution is -2.49. The predicted octanol–water partition coefficient (Wildman–Crippen LogP) is 2.82. The summed E-state index contributed by atoms with van der Waals surface area (Å²) in [7, 11) is 4.24. The summed E-state index contributed by atoms with van der Waals surface area (Å²) in [6, 6.07) is 5.65. The smallest absolute Gasteiger partial charge is 0.333 e. The lowest BCUT2D eigenvalue weighted by molar-refractivity contribution is -0.138. The zero-order chi connectivity index (χ0) is 27.8. The van der Waals surface area contributed by atoms with Crippen LogP contribution < -0.4 is 10.7 Å².